The first-order valence-corrected chi connectivity index (χ1v) is 7.41. The second-order valence-electron chi connectivity index (χ2n) is 4.19. The maximum absolute atomic E-state index is 13.4. The Labute approximate surface area is 120 Å². The molecular formula is C14H11F2NO3S. The van der Waals surface area contributed by atoms with E-state index in [1.807, 2.05) is 4.72 Å². The van der Waals surface area contributed by atoms with E-state index in [1.165, 1.54) is 12.1 Å². The number of hydrogen-bond donors (Lipinski definition) is 1. The summed E-state index contributed by atoms with van der Waals surface area (Å²) in [7, 11) is -4.22. The van der Waals surface area contributed by atoms with Crippen LogP contribution in [0.4, 0.5) is 8.78 Å². The Hall–Kier alpha value is -2.12. The summed E-state index contributed by atoms with van der Waals surface area (Å²) in [6.45, 7) is -0.511. The lowest BCUT2D eigenvalue weighted by atomic mass is 10.1. The maximum Gasteiger partial charge on any atom is 0.243 e. The number of ketones is 1. The van der Waals surface area contributed by atoms with Gasteiger partial charge in [-0.15, -0.1) is 0 Å². The number of benzene rings is 2. The highest BCUT2D eigenvalue weighted by Gasteiger charge is 2.20. The normalized spacial score (nSPS) is 11.3. The fourth-order valence-electron chi connectivity index (χ4n) is 1.66. The van der Waals surface area contributed by atoms with Crippen molar-refractivity contribution in [3.63, 3.8) is 0 Å². The molecule has 2 rings (SSSR count). The molecule has 0 bridgehead atoms. The quantitative estimate of drug-likeness (QED) is 0.860. The first-order chi connectivity index (χ1) is 9.90. The van der Waals surface area contributed by atoms with Crippen LogP contribution in [0.2, 0.25) is 0 Å². The van der Waals surface area contributed by atoms with Gasteiger partial charge in [0.05, 0.1) is 6.54 Å². The van der Waals surface area contributed by atoms with Crippen LogP contribution < -0.4 is 4.72 Å². The Morgan fingerprint density at radius 2 is 1.71 bits per heavy atom. The lowest BCUT2D eigenvalue weighted by Gasteiger charge is -2.07. The lowest BCUT2D eigenvalue weighted by molar-refractivity contribution is 0.0997. The van der Waals surface area contributed by atoms with E-state index >= 15 is 0 Å². The molecule has 2 aromatic rings. The average molecular weight is 311 g/mol. The summed E-state index contributed by atoms with van der Waals surface area (Å²) in [6, 6.07) is 10.2. The molecule has 0 aliphatic heterocycles. The number of carbonyl (C=O) groups is 1. The van der Waals surface area contributed by atoms with Crippen LogP contribution in [-0.4, -0.2) is 20.7 Å². The molecule has 110 valence electrons. The van der Waals surface area contributed by atoms with Crippen molar-refractivity contribution in [1.82, 2.24) is 4.72 Å². The van der Waals surface area contributed by atoms with E-state index < -0.39 is 38.9 Å². The van der Waals surface area contributed by atoms with Crippen LogP contribution in [0, 0.1) is 11.6 Å². The molecule has 0 saturated heterocycles. The minimum atomic E-state index is -4.22. The molecule has 0 amide bonds. The fraction of sp³-hybridized carbons (Fsp3) is 0.0714. The number of Topliss-reactive ketones (excluding diaryl/α,β-unsaturated/α-hetero) is 1. The summed E-state index contributed by atoms with van der Waals surface area (Å²) in [5, 5.41) is 0. The third kappa shape index (κ3) is 3.71. The topological polar surface area (TPSA) is 63.2 Å². The van der Waals surface area contributed by atoms with Crippen LogP contribution in [0.15, 0.2) is 53.4 Å². The monoisotopic (exact) mass is 311 g/mol. The molecule has 0 aliphatic rings. The first kappa shape index (κ1) is 15.3. The Kier molecular flexibility index (Phi) is 4.44. The van der Waals surface area contributed by atoms with E-state index in [0.717, 1.165) is 12.1 Å². The zero-order valence-corrected chi connectivity index (χ0v) is 11.5. The van der Waals surface area contributed by atoms with E-state index in [9.17, 15) is 22.0 Å². The van der Waals surface area contributed by atoms with Crippen molar-refractivity contribution in [1.29, 1.82) is 0 Å². The Balaban J connectivity index is 2.13. The zero-order valence-electron chi connectivity index (χ0n) is 10.7. The third-order valence-electron chi connectivity index (χ3n) is 2.70. The van der Waals surface area contributed by atoms with Crippen LogP contribution in [0.3, 0.4) is 0 Å². The average Bonchev–Trinajstić information content (AvgIpc) is 2.45. The minimum absolute atomic E-state index is 0.333. The van der Waals surface area contributed by atoms with Gasteiger partial charge in [0.15, 0.2) is 5.78 Å². The molecule has 0 fully saturated rings. The van der Waals surface area contributed by atoms with E-state index in [-0.39, 0.29) is 0 Å². The van der Waals surface area contributed by atoms with Gasteiger partial charge < -0.3 is 0 Å². The standard InChI is InChI=1S/C14H11F2NO3S/c15-11-6-7-14(12(16)8-11)21(19,20)17-9-13(18)10-4-2-1-3-5-10/h1-8,17H,9H2. The van der Waals surface area contributed by atoms with E-state index in [4.69, 9.17) is 0 Å². The molecule has 0 heterocycles. The molecule has 0 radical (unpaired) electrons. The first-order valence-electron chi connectivity index (χ1n) is 5.93. The molecular weight excluding hydrogens is 300 g/mol. The van der Waals surface area contributed by atoms with Gasteiger partial charge in [-0.3, -0.25) is 4.79 Å². The number of carbonyl (C=O) groups excluding carboxylic acids is 1. The number of hydrogen-bond acceptors (Lipinski definition) is 3. The highest BCUT2D eigenvalue weighted by molar-refractivity contribution is 7.89. The van der Waals surface area contributed by atoms with Crippen LogP contribution in [-0.2, 0) is 10.0 Å². The van der Waals surface area contributed by atoms with Crippen LogP contribution >= 0.6 is 0 Å². The maximum atomic E-state index is 13.4. The summed E-state index contributed by atoms with van der Waals surface area (Å²) in [5.41, 5.74) is 0.333. The van der Waals surface area contributed by atoms with E-state index in [0.29, 0.717) is 11.6 Å². The van der Waals surface area contributed by atoms with Crippen molar-refractivity contribution < 1.29 is 22.0 Å². The molecule has 0 aliphatic carbocycles. The van der Waals surface area contributed by atoms with Gasteiger partial charge in [0.2, 0.25) is 10.0 Å². The van der Waals surface area contributed by atoms with Gasteiger partial charge in [0.25, 0.3) is 0 Å². The van der Waals surface area contributed by atoms with Crippen molar-refractivity contribution in [2.24, 2.45) is 0 Å². The summed E-state index contributed by atoms with van der Waals surface area (Å²) in [4.78, 5) is 11.1. The van der Waals surface area contributed by atoms with Gasteiger partial charge in [-0.05, 0) is 12.1 Å². The number of rotatable bonds is 5. The third-order valence-corrected chi connectivity index (χ3v) is 4.14. The van der Waals surface area contributed by atoms with E-state index in [1.54, 1.807) is 18.2 Å². The predicted molar refractivity (Wildman–Crippen MR) is 72.3 cm³/mol. The molecule has 0 spiro atoms. The highest BCUT2D eigenvalue weighted by Crippen LogP contribution is 2.15. The van der Waals surface area contributed by atoms with Gasteiger partial charge in [-0.25, -0.2) is 21.9 Å². The Morgan fingerprint density at radius 1 is 1.05 bits per heavy atom. The molecule has 0 unspecified atom stereocenters. The molecule has 0 atom stereocenters. The number of halogens is 2. The van der Waals surface area contributed by atoms with Crippen LogP contribution in [0.5, 0.6) is 0 Å². The van der Waals surface area contributed by atoms with Gasteiger partial charge in [0, 0.05) is 11.6 Å². The minimum Gasteiger partial charge on any atom is -0.293 e. The fourth-order valence-corrected chi connectivity index (χ4v) is 2.70. The molecule has 21 heavy (non-hydrogen) atoms. The second kappa shape index (κ2) is 6.11. The van der Waals surface area contributed by atoms with Crippen molar-refractivity contribution in [2.45, 2.75) is 4.90 Å². The predicted octanol–water partition coefficient (Wildman–Crippen LogP) is 2.13. The molecule has 4 nitrogen and oxygen atoms in total. The molecule has 0 aromatic heterocycles. The van der Waals surface area contributed by atoms with Gasteiger partial charge in [0.1, 0.15) is 16.5 Å². The Bertz CT molecular complexity index is 761. The zero-order chi connectivity index (χ0) is 15.5. The highest BCUT2D eigenvalue weighted by atomic mass is 32.2. The second-order valence-corrected chi connectivity index (χ2v) is 5.92. The van der Waals surface area contributed by atoms with Crippen molar-refractivity contribution in [2.75, 3.05) is 6.54 Å². The SMILES string of the molecule is O=C(CNS(=O)(=O)c1ccc(F)cc1F)c1ccccc1. The molecule has 0 saturated carbocycles. The van der Waals surface area contributed by atoms with Gasteiger partial charge in [-0.1, -0.05) is 30.3 Å². The van der Waals surface area contributed by atoms with Gasteiger partial charge >= 0.3 is 0 Å². The summed E-state index contributed by atoms with van der Waals surface area (Å²) < 4.78 is 52.0. The smallest absolute Gasteiger partial charge is 0.243 e. The molecule has 7 heteroatoms. The summed E-state index contributed by atoms with van der Waals surface area (Å²) in [6.07, 6.45) is 0. The largest absolute Gasteiger partial charge is 0.293 e. The Morgan fingerprint density at radius 3 is 2.33 bits per heavy atom. The van der Waals surface area contributed by atoms with Crippen molar-refractivity contribution in [3.8, 4) is 0 Å². The summed E-state index contributed by atoms with van der Waals surface area (Å²) in [5.74, 6) is -2.55. The number of nitrogens with one attached hydrogen (secondary N) is 1. The summed E-state index contributed by atoms with van der Waals surface area (Å²) >= 11 is 0. The van der Waals surface area contributed by atoms with E-state index in [2.05, 4.69) is 0 Å². The van der Waals surface area contributed by atoms with Crippen LogP contribution in [0.1, 0.15) is 10.4 Å². The van der Waals surface area contributed by atoms with Gasteiger partial charge in [-0.2, -0.15) is 0 Å². The lowest BCUT2D eigenvalue weighted by Crippen LogP contribution is -2.30. The molecule has 1 N–H and O–H groups in total. The molecule has 2 aromatic carbocycles. The van der Waals surface area contributed by atoms with Crippen molar-refractivity contribution >= 4 is 15.8 Å². The van der Waals surface area contributed by atoms with Crippen molar-refractivity contribution in [3.05, 3.63) is 65.7 Å². The van der Waals surface area contributed by atoms with Crippen LogP contribution in [0.25, 0.3) is 0 Å². The number of sulfonamides is 1.